The third-order valence-corrected chi connectivity index (χ3v) is 11.9. The average Bonchev–Trinajstić information content (AvgIpc) is 3.83. The van der Waals surface area contributed by atoms with E-state index in [1.54, 1.807) is 0 Å². The minimum Gasteiger partial charge on any atom is -0.333 e. The molecule has 0 spiro atoms. The number of hydrogen-bond acceptors (Lipinski definition) is 2. The summed E-state index contributed by atoms with van der Waals surface area (Å²) >= 11 is 8.06. The molecule has 2 radical (unpaired) electrons. The van der Waals surface area contributed by atoms with Crippen LogP contribution in [0.5, 0.6) is 0 Å². The molecule has 10 aromatic rings. The smallest absolute Gasteiger partial charge is 0.0774 e. The van der Waals surface area contributed by atoms with Crippen LogP contribution in [0, 0.1) is 26.0 Å². The Morgan fingerprint density at radius 2 is 0.867 bits per heavy atom. The second-order valence-corrected chi connectivity index (χ2v) is 16.2. The van der Waals surface area contributed by atoms with E-state index < -0.39 is 0 Å². The zero-order chi connectivity index (χ0) is 39.3. The van der Waals surface area contributed by atoms with Gasteiger partial charge in [0.2, 0.25) is 0 Å². The summed E-state index contributed by atoms with van der Waals surface area (Å²) < 4.78 is 6.33. The fourth-order valence-electron chi connectivity index (χ4n) is 8.12. The molecule has 0 fully saturated rings. The fourth-order valence-corrected chi connectivity index (χ4v) is 9.24. The van der Waals surface area contributed by atoms with E-state index in [4.69, 9.17) is 9.97 Å². The number of imidazole rings is 2. The number of halogens is 2. The maximum atomic E-state index is 5.11. The van der Waals surface area contributed by atoms with Gasteiger partial charge in [-0.15, -0.1) is 47.5 Å². The second kappa shape index (κ2) is 17.5. The maximum Gasteiger partial charge on any atom is 0.0774 e. The quantitative estimate of drug-likeness (QED) is 0.149. The molecule has 8 aromatic carbocycles. The molecule has 0 aliphatic rings. The standard InChI is InChI=1S/C52H34Br2N4.2Ir/c1-33-28-34(2)30-37(29-33)50-42(40-26-24-35(31-44(40)53)51-55-46-20-9-11-22-48(46)57(51)38-14-5-3-6-15-38)18-13-19-43(50)41-27-25-36(32-45(41)54)52-56-47-21-10-12-23-49(47)58(52)39-16-7-4-8-17-39;;/h3-23,26-32H,1-2H3;;/q-2;;. The first-order valence-electron chi connectivity index (χ1n) is 19.1. The van der Waals surface area contributed by atoms with Gasteiger partial charge in [-0.3, -0.25) is 9.97 Å². The van der Waals surface area contributed by atoms with Gasteiger partial charge in [-0.25, -0.2) is 0 Å². The molecule has 0 aliphatic carbocycles. The topological polar surface area (TPSA) is 35.6 Å². The third-order valence-electron chi connectivity index (χ3n) is 10.6. The number of rotatable bonds is 7. The Kier molecular flexibility index (Phi) is 12.2. The molecule has 0 atom stereocenters. The summed E-state index contributed by atoms with van der Waals surface area (Å²) in [4.78, 5) is 10.2. The minimum absolute atomic E-state index is 0. The summed E-state index contributed by atoms with van der Waals surface area (Å²) in [6, 6.07) is 66.4. The number of benzene rings is 8. The molecule has 0 N–H and O–H groups in total. The van der Waals surface area contributed by atoms with Crippen LogP contribution in [0.4, 0.5) is 0 Å². The molecule has 10 rings (SSSR count). The number of nitrogens with zero attached hydrogens (tertiary/aromatic N) is 4. The molecule has 0 amide bonds. The molecule has 296 valence electrons. The predicted octanol–water partition coefficient (Wildman–Crippen LogP) is 14.4. The first-order valence-corrected chi connectivity index (χ1v) is 20.7. The van der Waals surface area contributed by atoms with Crippen molar-refractivity contribution in [2.24, 2.45) is 0 Å². The largest absolute Gasteiger partial charge is 0.333 e. The predicted molar refractivity (Wildman–Crippen MR) is 245 cm³/mol. The Morgan fingerprint density at radius 3 is 1.30 bits per heavy atom. The van der Waals surface area contributed by atoms with Crippen molar-refractivity contribution in [3.8, 4) is 67.5 Å². The molecule has 0 saturated carbocycles. The van der Waals surface area contributed by atoms with Gasteiger partial charge in [0, 0.05) is 51.6 Å². The Hall–Kier alpha value is -5.04. The zero-order valence-corrected chi connectivity index (χ0v) is 40.3. The van der Waals surface area contributed by atoms with Crippen molar-refractivity contribution in [1.82, 2.24) is 19.1 Å². The molecular weight excluding hydrogens is 1220 g/mol. The molecule has 2 aromatic heterocycles. The van der Waals surface area contributed by atoms with Crippen LogP contribution in [0.3, 0.4) is 0 Å². The second-order valence-electron chi connectivity index (χ2n) is 14.5. The van der Waals surface area contributed by atoms with Crippen molar-refractivity contribution >= 4 is 53.9 Å². The molecule has 0 bridgehead atoms. The van der Waals surface area contributed by atoms with Crippen molar-refractivity contribution in [1.29, 1.82) is 0 Å². The van der Waals surface area contributed by atoms with Crippen molar-refractivity contribution < 1.29 is 40.2 Å². The molecule has 60 heavy (non-hydrogen) atoms. The Morgan fingerprint density at radius 1 is 0.450 bits per heavy atom. The van der Waals surface area contributed by atoms with Gasteiger partial charge in [0.15, 0.2) is 0 Å². The van der Waals surface area contributed by atoms with Crippen LogP contribution >= 0.6 is 31.9 Å². The molecule has 0 aliphatic heterocycles. The fraction of sp³-hybridized carbons (Fsp3) is 0.0385. The van der Waals surface area contributed by atoms with E-state index in [0.29, 0.717) is 0 Å². The van der Waals surface area contributed by atoms with Gasteiger partial charge >= 0.3 is 0 Å². The van der Waals surface area contributed by atoms with Crippen LogP contribution in [-0.4, -0.2) is 19.1 Å². The van der Waals surface area contributed by atoms with Crippen molar-refractivity contribution in [3.63, 3.8) is 0 Å². The van der Waals surface area contributed by atoms with Gasteiger partial charge < -0.3 is 9.13 Å². The monoisotopic (exact) mass is 1260 g/mol. The average molecular weight is 1260 g/mol. The van der Waals surface area contributed by atoms with E-state index in [1.165, 1.54) is 11.1 Å². The minimum atomic E-state index is 0. The first kappa shape index (κ1) is 41.7. The van der Waals surface area contributed by atoms with Crippen molar-refractivity contribution in [2.45, 2.75) is 13.8 Å². The molecular formula is C52H34Br2Ir2N4-2. The molecule has 2 heterocycles. The van der Waals surface area contributed by atoms with Crippen molar-refractivity contribution in [2.75, 3.05) is 0 Å². The van der Waals surface area contributed by atoms with Gasteiger partial charge in [-0.05, 0) is 73.5 Å². The van der Waals surface area contributed by atoms with E-state index in [0.717, 1.165) is 98.5 Å². The number of fused-ring (bicyclic) bond motifs is 2. The van der Waals surface area contributed by atoms with Crippen molar-refractivity contribution in [3.05, 3.63) is 202 Å². The molecule has 0 unspecified atom stereocenters. The van der Waals surface area contributed by atoms with Gasteiger partial charge in [-0.1, -0.05) is 171 Å². The third kappa shape index (κ3) is 7.62. The SMILES string of the molecule is Cc1cc(C)cc(-c2c(-c3c[c-]c(-c4nc5ccccc5n4-c4ccccc4)cc3Br)cccc2-c2c[c-]c(-c3nc4ccccc4n3-c3ccccc3)cc2Br)c1.[Ir].[Ir]. The summed E-state index contributed by atoms with van der Waals surface area (Å²) in [7, 11) is 0. The summed E-state index contributed by atoms with van der Waals surface area (Å²) in [5.74, 6) is 1.67. The van der Waals surface area contributed by atoms with Crippen LogP contribution in [0.15, 0.2) is 179 Å². The van der Waals surface area contributed by atoms with Crippen LogP contribution in [-0.2, 0) is 40.2 Å². The van der Waals surface area contributed by atoms with E-state index >= 15 is 0 Å². The number of aryl methyl sites for hydroxylation is 2. The zero-order valence-electron chi connectivity index (χ0n) is 32.4. The summed E-state index contributed by atoms with van der Waals surface area (Å²) in [5.41, 5.74) is 16.8. The normalized spacial score (nSPS) is 11.1. The van der Waals surface area contributed by atoms with Crippen LogP contribution in [0.2, 0.25) is 0 Å². The Balaban J connectivity index is 0.00000249. The summed E-state index contributed by atoms with van der Waals surface area (Å²) in [6.07, 6.45) is 0. The van der Waals surface area contributed by atoms with Gasteiger partial charge in [0.05, 0.1) is 33.7 Å². The maximum absolute atomic E-state index is 5.11. The summed E-state index contributed by atoms with van der Waals surface area (Å²) in [5, 5.41) is 0. The molecule has 0 saturated heterocycles. The van der Waals surface area contributed by atoms with E-state index in [-0.39, 0.29) is 40.2 Å². The van der Waals surface area contributed by atoms with Gasteiger partial charge in [0.1, 0.15) is 0 Å². The Bertz CT molecular complexity index is 2970. The van der Waals surface area contributed by atoms with E-state index in [9.17, 15) is 0 Å². The number of aromatic nitrogens is 4. The van der Waals surface area contributed by atoms with E-state index in [1.807, 2.05) is 24.3 Å². The molecule has 8 heteroatoms. The molecule has 4 nitrogen and oxygen atoms in total. The van der Waals surface area contributed by atoms with Crippen LogP contribution in [0.25, 0.3) is 89.6 Å². The van der Waals surface area contributed by atoms with E-state index in [2.05, 4.69) is 213 Å². The first-order chi connectivity index (χ1) is 28.4. The number of hydrogen-bond donors (Lipinski definition) is 0. The summed E-state index contributed by atoms with van der Waals surface area (Å²) in [6.45, 7) is 4.32. The van der Waals surface area contributed by atoms with Crippen LogP contribution < -0.4 is 0 Å². The van der Waals surface area contributed by atoms with Crippen LogP contribution in [0.1, 0.15) is 11.1 Å². The van der Waals surface area contributed by atoms with Gasteiger partial charge in [-0.2, -0.15) is 0 Å². The Labute approximate surface area is 393 Å². The van der Waals surface area contributed by atoms with Gasteiger partial charge in [0.25, 0.3) is 0 Å². The number of para-hydroxylation sites is 6.